The van der Waals surface area contributed by atoms with Crippen LogP contribution in [0.15, 0.2) is 36.5 Å². The first kappa shape index (κ1) is 9.80. The molecule has 0 radical (unpaired) electrons. The molecule has 1 heterocycles. The molecular formula is C11H9ClN2O. The fraction of sp³-hybridized carbons (Fsp3) is 0. The Hall–Kier alpha value is -1.74. The third kappa shape index (κ3) is 1.87. The fourth-order valence-electron chi connectivity index (χ4n) is 1.36. The first-order valence-corrected chi connectivity index (χ1v) is 4.75. The SMILES string of the molecule is Nc1cccc(O)c1-c1ccc(Cl)cn1. The highest BCUT2D eigenvalue weighted by atomic mass is 35.5. The Morgan fingerprint density at radius 2 is 2.00 bits per heavy atom. The van der Waals surface area contributed by atoms with E-state index in [2.05, 4.69) is 4.98 Å². The number of phenolic OH excluding ortho intramolecular Hbond substituents is 1. The van der Waals surface area contributed by atoms with Gasteiger partial charge in [-0.3, -0.25) is 4.98 Å². The van der Waals surface area contributed by atoms with Crippen LogP contribution in [-0.2, 0) is 0 Å². The summed E-state index contributed by atoms with van der Waals surface area (Å²) in [6.07, 6.45) is 1.52. The van der Waals surface area contributed by atoms with Gasteiger partial charge in [-0.15, -0.1) is 0 Å². The Morgan fingerprint density at radius 1 is 1.20 bits per heavy atom. The van der Waals surface area contributed by atoms with E-state index in [-0.39, 0.29) is 5.75 Å². The van der Waals surface area contributed by atoms with Crippen molar-refractivity contribution < 1.29 is 5.11 Å². The Morgan fingerprint density at radius 3 is 2.60 bits per heavy atom. The van der Waals surface area contributed by atoms with E-state index < -0.39 is 0 Å². The zero-order valence-electron chi connectivity index (χ0n) is 7.81. The van der Waals surface area contributed by atoms with Gasteiger partial charge >= 0.3 is 0 Å². The van der Waals surface area contributed by atoms with E-state index in [1.54, 1.807) is 30.3 Å². The van der Waals surface area contributed by atoms with Crippen LogP contribution < -0.4 is 5.73 Å². The number of phenols is 1. The Balaban J connectivity index is 2.58. The topological polar surface area (TPSA) is 59.1 Å². The van der Waals surface area contributed by atoms with Crippen LogP contribution in [0, 0.1) is 0 Å². The van der Waals surface area contributed by atoms with E-state index >= 15 is 0 Å². The molecule has 0 fully saturated rings. The van der Waals surface area contributed by atoms with E-state index in [0.29, 0.717) is 22.0 Å². The molecule has 0 aliphatic carbocycles. The smallest absolute Gasteiger partial charge is 0.127 e. The van der Waals surface area contributed by atoms with Gasteiger partial charge in [-0.25, -0.2) is 0 Å². The summed E-state index contributed by atoms with van der Waals surface area (Å²) >= 11 is 5.72. The Kier molecular flexibility index (Phi) is 2.47. The number of benzene rings is 1. The number of hydrogen-bond donors (Lipinski definition) is 2. The average Bonchev–Trinajstić information content (AvgIpc) is 2.20. The van der Waals surface area contributed by atoms with Crippen LogP contribution >= 0.6 is 11.6 Å². The van der Waals surface area contributed by atoms with Gasteiger partial charge in [0, 0.05) is 11.9 Å². The molecule has 0 aliphatic rings. The molecule has 2 aromatic rings. The molecule has 0 aliphatic heterocycles. The summed E-state index contributed by atoms with van der Waals surface area (Å²) in [5.74, 6) is 0.116. The van der Waals surface area contributed by atoms with Crippen molar-refractivity contribution in [3.63, 3.8) is 0 Å². The van der Waals surface area contributed by atoms with Gasteiger partial charge in [0.15, 0.2) is 0 Å². The maximum Gasteiger partial charge on any atom is 0.127 e. The lowest BCUT2D eigenvalue weighted by Crippen LogP contribution is -1.91. The number of halogens is 1. The molecule has 0 bridgehead atoms. The highest BCUT2D eigenvalue weighted by molar-refractivity contribution is 6.30. The van der Waals surface area contributed by atoms with Crippen LogP contribution in [0.2, 0.25) is 5.02 Å². The van der Waals surface area contributed by atoms with Gasteiger partial charge in [0.05, 0.1) is 16.3 Å². The number of nitrogens with zero attached hydrogens (tertiary/aromatic N) is 1. The molecule has 0 atom stereocenters. The van der Waals surface area contributed by atoms with Gasteiger partial charge in [-0.1, -0.05) is 17.7 Å². The molecule has 15 heavy (non-hydrogen) atoms. The van der Waals surface area contributed by atoms with Gasteiger partial charge in [0.2, 0.25) is 0 Å². The summed E-state index contributed by atoms with van der Waals surface area (Å²) in [5, 5.41) is 10.2. The number of nitrogen functional groups attached to an aromatic ring is 1. The second-order valence-electron chi connectivity index (χ2n) is 3.10. The molecule has 0 unspecified atom stereocenters. The second-order valence-corrected chi connectivity index (χ2v) is 3.54. The largest absolute Gasteiger partial charge is 0.507 e. The van der Waals surface area contributed by atoms with Gasteiger partial charge in [-0.2, -0.15) is 0 Å². The zero-order valence-corrected chi connectivity index (χ0v) is 8.57. The third-order valence-electron chi connectivity index (χ3n) is 2.06. The third-order valence-corrected chi connectivity index (χ3v) is 2.28. The van der Waals surface area contributed by atoms with Crippen LogP contribution in [0.25, 0.3) is 11.3 Å². The predicted molar refractivity (Wildman–Crippen MR) is 60.8 cm³/mol. The molecule has 0 saturated heterocycles. The second kappa shape index (κ2) is 3.79. The number of anilines is 1. The van der Waals surface area contributed by atoms with Crippen molar-refractivity contribution in [1.29, 1.82) is 0 Å². The van der Waals surface area contributed by atoms with Crippen LogP contribution in [0.1, 0.15) is 0 Å². The average molecular weight is 221 g/mol. The number of rotatable bonds is 1. The minimum atomic E-state index is 0.116. The summed E-state index contributed by atoms with van der Waals surface area (Å²) < 4.78 is 0. The molecule has 2 rings (SSSR count). The van der Waals surface area contributed by atoms with E-state index in [9.17, 15) is 5.11 Å². The Bertz CT molecular complexity index is 462. The molecule has 3 N–H and O–H groups in total. The summed E-state index contributed by atoms with van der Waals surface area (Å²) in [6, 6.07) is 8.39. The maximum absolute atomic E-state index is 9.66. The van der Waals surface area contributed by atoms with Gasteiger partial charge < -0.3 is 10.8 Å². The molecule has 0 spiro atoms. The first-order chi connectivity index (χ1) is 7.18. The van der Waals surface area contributed by atoms with Crippen molar-refractivity contribution in [2.75, 3.05) is 5.73 Å². The predicted octanol–water partition coefficient (Wildman–Crippen LogP) is 2.69. The molecule has 0 saturated carbocycles. The number of aromatic nitrogens is 1. The van der Waals surface area contributed by atoms with Gasteiger partial charge in [0.25, 0.3) is 0 Å². The molecular weight excluding hydrogens is 212 g/mol. The fourth-order valence-corrected chi connectivity index (χ4v) is 1.47. The zero-order chi connectivity index (χ0) is 10.8. The van der Waals surface area contributed by atoms with E-state index in [1.807, 2.05) is 0 Å². The number of hydrogen-bond acceptors (Lipinski definition) is 3. The summed E-state index contributed by atoms with van der Waals surface area (Å²) in [7, 11) is 0. The Labute approximate surface area is 92.1 Å². The van der Waals surface area contributed by atoms with Crippen molar-refractivity contribution in [2.24, 2.45) is 0 Å². The highest BCUT2D eigenvalue weighted by Gasteiger charge is 2.08. The van der Waals surface area contributed by atoms with Crippen LogP contribution in [0.5, 0.6) is 5.75 Å². The summed E-state index contributed by atoms with van der Waals surface area (Å²) in [5.41, 5.74) is 7.39. The molecule has 1 aromatic carbocycles. The lowest BCUT2D eigenvalue weighted by Gasteiger charge is -2.06. The van der Waals surface area contributed by atoms with Crippen molar-refractivity contribution >= 4 is 17.3 Å². The van der Waals surface area contributed by atoms with E-state index in [0.717, 1.165) is 0 Å². The quantitative estimate of drug-likeness (QED) is 0.727. The van der Waals surface area contributed by atoms with Crippen LogP contribution in [-0.4, -0.2) is 10.1 Å². The van der Waals surface area contributed by atoms with Crippen molar-refractivity contribution in [1.82, 2.24) is 4.98 Å². The minimum Gasteiger partial charge on any atom is -0.507 e. The summed E-state index contributed by atoms with van der Waals surface area (Å²) in [6.45, 7) is 0. The van der Waals surface area contributed by atoms with Gasteiger partial charge in [-0.05, 0) is 24.3 Å². The molecule has 0 amide bonds. The summed E-state index contributed by atoms with van der Waals surface area (Å²) in [4.78, 5) is 4.10. The minimum absolute atomic E-state index is 0.116. The maximum atomic E-state index is 9.66. The standard InChI is InChI=1S/C11H9ClN2O/c12-7-4-5-9(14-6-7)11-8(13)2-1-3-10(11)15/h1-6,15H,13H2. The van der Waals surface area contributed by atoms with Crippen LogP contribution in [0.4, 0.5) is 5.69 Å². The highest BCUT2D eigenvalue weighted by Crippen LogP contribution is 2.33. The number of pyridine rings is 1. The molecule has 76 valence electrons. The number of nitrogens with two attached hydrogens (primary N) is 1. The lowest BCUT2D eigenvalue weighted by molar-refractivity contribution is 0.477. The normalized spacial score (nSPS) is 10.2. The lowest BCUT2D eigenvalue weighted by atomic mass is 10.1. The van der Waals surface area contributed by atoms with Gasteiger partial charge in [0.1, 0.15) is 5.75 Å². The monoisotopic (exact) mass is 220 g/mol. The number of aromatic hydroxyl groups is 1. The van der Waals surface area contributed by atoms with Crippen molar-refractivity contribution in [2.45, 2.75) is 0 Å². The first-order valence-electron chi connectivity index (χ1n) is 4.38. The molecule has 4 heteroatoms. The van der Waals surface area contributed by atoms with E-state index in [1.165, 1.54) is 6.20 Å². The van der Waals surface area contributed by atoms with Crippen molar-refractivity contribution in [3.8, 4) is 17.0 Å². The van der Waals surface area contributed by atoms with Crippen molar-refractivity contribution in [3.05, 3.63) is 41.6 Å². The van der Waals surface area contributed by atoms with E-state index in [4.69, 9.17) is 17.3 Å². The molecule has 1 aromatic heterocycles. The molecule has 3 nitrogen and oxygen atoms in total. The van der Waals surface area contributed by atoms with Crippen LogP contribution in [0.3, 0.4) is 0 Å².